The number of carbonyl (C=O) groups is 2. The molecule has 0 bridgehead atoms. The number of hydrazine groups is 1. The van der Waals surface area contributed by atoms with Gasteiger partial charge in [0.25, 0.3) is 5.91 Å². The smallest absolute Gasteiger partial charge is 0.251 e. The molecule has 8 nitrogen and oxygen atoms in total. The van der Waals surface area contributed by atoms with Crippen molar-refractivity contribution in [1.29, 1.82) is 0 Å². The molecule has 3 aromatic carbocycles. The lowest BCUT2D eigenvalue weighted by atomic mass is 9.99. The van der Waals surface area contributed by atoms with Gasteiger partial charge in [0.2, 0.25) is 5.91 Å². The van der Waals surface area contributed by atoms with Crippen molar-refractivity contribution in [3.63, 3.8) is 0 Å². The van der Waals surface area contributed by atoms with E-state index in [-0.39, 0.29) is 24.2 Å². The third-order valence-corrected chi connectivity index (χ3v) is 5.11. The van der Waals surface area contributed by atoms with Gasteiger partial charge in [-0.05, 0) is 41.0 Å². The highest BCUT2D eigenvalue weighted by molar-refractivity contribution is 5.94. The Morgan fingerprint density at radius 1 is 1.06 bits per heavy atom. The van der Waals surface area contributed by atoms with Crippen LogP contribution in [0.2, 0.25) is 0 Å². The second-order valence-electron chi connectivity index (χ2n) is 7.62. The Morgan fingerprint density at radius 3 is 2.55 bits per heavy atom. The number of amides is 2. The van der Waals surface area contributed by atoms with Crippen molar-refractivity contribution < 1.29 is 19.2 Å². The van der Waals surface area contributed by atoms with E-state index in [0.717, 1.165) is 22.4 Å². The number of nitrogens with two attached hydrogens (primary N) is 2. The van der Waals surface area contributed by atoms with Gasteiger partial charge in [0, 0.05) is 17.5 Å². The fourth-order valence-electron chi connectivity index (χ4n) is 3.44. The van der Waals surface area contributed by atoms with E-state index >= 15 is 0 Å². The zero-order valence-electron chi connectivity index (χ0n) is 17.9. The van der Waals surface area contributed by atoms with Gasteiger partial charge in [-0.1, -0.05) is 48.5 Å². The fourth-order valence-corrected chi connectivity index (χ4v) is 3.44. The lowest BCUT2D eigenvalue weighted by Crippen LogP contribution is -2.42. The molecule has 0 radical (unpaired) electrons. The molecule has 9 heteroatoms. The number of benzene rings is 3. The van der Waals surface area contributed by atoms with Crippen LogP contribution in [0.15, 0.2) is 78.6 Å². The Kier molecular flexibility index (Phi) is 7.96. The Morgan fingerprint density at radius 2 is 1.82 bits per heavy atom. The second kappa shape index (κ2) is 11.1. The van der Waals surface area contributed by atoms with Crippen LogP contribution < -0.4 is 22.4 Å². The number of carbonyl (C=O) groups excluding carboxylic acids is 2. The van der Waals surface area contributed by atoms with E-state index in [0.29, 0.717) is 6.42 Å². The molecular weight excluding hydrogens is 425 g/mol. The number of halogens is 1. The van der Waals surface area contributed by atoms with Gasteiger partial charge in [-0.15, -0.1) is 0 Å². The zero-order chi connectivity index (χ0) is 23.8. The summed E-state index contributed by atoms with van der Waals surface area (Å²) in [6.45, 7) is -0.0298. The van der Waals surface area contributed by atoms with Crippen LogP contribution in [0.5, 0.6) is 0 Å². The predicted octanol–water partition coefficient (Wildman–Crippen LogP) is 2.19. The van der Waals surface area contributed by atoms with Crippen LogP contribution in [0.4, 0.5) is 4.39 Å². The first kappa shape index (κ1) is 23.7. The highest BCUT2D eigenvalue weighted by Crippen LogP contribution is 2.18. The second-order valence-corrected chi connectivity index (χ2v) is 7.62. The van der Waals surface area contributed by atoms with Crippen molar-refractivity contribution in [2.75, 3.05) is 6.54 Å². The largest absolute Gasteiger partial charge is 0.399 e. The summed E-state index contributed by atoms with van der Waals surface area (Å²) in [6, 6.07) is 18.6. The Labute approximate surface area is 190 Å². The minimum Gasteiger partial charge on any atom is -0.399 e. The highest BCUT2D eigenvalue weighted by atomic mass is 19.1. The lowest BCUT2D eigenvalue weighted by Gasteiger charge is -2.26. The number of hydrogen-bond acceptors (Lipinski definition) is 6. The summed E-state index contributed by atoms with van der Waals surface area (Å²) in [5.41, 5.74) is 8.97. The molecule has 0 aliphatic carbocycles. The van der Waals surface area contributed by atoms with Crippen molar-refractivity contribution in [2.24, 2.45) is 11.6 Å². The van der Waals surface area contributed by atoms with Crippen molar-refractivity contribution in [3.05, 3.63) is 95.6 Å². The summed E-state index contributed by atoms with van der Waals surface area (Å²) in [7, 11) is 0. The van der Waals surface area contributed by atoms with E-state index in [1.54, 1.807) is 5.48 Å². The minimum atomic E-state index is -0.595. The molecule has 33 heavy (non-hydrogen) atoms. The highest BCUT2D eigenvalue weighted by Gasteiger charge is 2.19. The molecule has 172 valence electrons. The van der Waals surface area contributed by atoms with Crippen molar-refractivity contribution >= 4 is 22.6 Å². The van der Waals surface area contributed by atoms with Gasteiger partial charge in [-0.2, -0.15) is 0 Å². The van der Waals surface area contributed by atoms with Crippen LogP contribution >= 0.6 is 0 Å². The topological polar surface area (TPSA) is 134 Å². The molecule has 2 amide bonds. The molecule has 7 N–H and O–H groups in total. The normalized spacial score (nSPS) is 12.3. The molecule has 0 aliphatic heterocycles. The molecule has 0 unspecified atom stereocenters. The number of nitrogens with zero attached hydrogens (tertiary/aromatic N) is 1. The molecule has 0 heterocycles. The molecule has 1 atom stereocenters. The molecule has 3 aromatic rings. The summed E-state index contributed by atoms with van der Waals surface area (Å²) in [6.07, 6.45) is 1.75. The average molecular weight is 452 g/mol. The van der Waals surface area contributed by atoms with Gasteiger partial charge in [-0.25, -0.2) is 15.7 Å². The average Bonchev–Trinajstić information content (AvgIpc) is 2.81. The van der Waals surface area contributed by atoms with Crippen LogP contribution in [-0.2, 0) is 11.2 Å². The van der Waals surface area contributed by atoms with Gasteiger partial charge in [0.15, 0.2) is 0 Å². The summed E-state index contributed by atoms with van der Waals surface area (Å²) in [4.78, 5) is 24.0. The third-order valence-electron chi connectivity index (χ3n) is 5.11. The van der Waals surface area contributed by atoms with Gasteiger partial charge in [0.1, 0.15) is 5.82 Å². The minimum absolute atomic E-state index is 0.0298. The molecule has 0 aromatic heterocycles. The Balaban J connectivity index is 1.69. The van der Waals surface area contributed by atoms with Crippen molar-refractivity contribution in [2.45, 2.75) is 18.9 Å². The SMILES string of the molecule is N/C(=C\N(N)[C@@H](CC(=O)NO)Cc1ccc2ccccc2c1)CNC(=O)c1cccc(F)c1. The maximum Gasteiger partial charge on any atom is 0.251 e. The van der Waals surface area contributed by atoms with Gasteiger partial charge in [-0.3, -0.25) is 14.8 Å². The molecule has 0 aliphatic rings. The van der Waals surface area contributed by atoms with E-state index in [2.05, 4.69) is 5.32 Å². The predicted molar refractivity (Wildman–Crippen MR) is 123 cm³/mol. The first-order chi connectivity index (χ1) is 15.9. The van der Waals surface area contributed by atoms with E-state index in [9.17, 15) is 14.0 Å². The molecule has 0 saturated heterocycles. The summed E-state index contributed by atoms with van der Waals surface area (Å²) in [5, 5.41) is 15.0. The molecule has 3 rings (SSSR count). The zero-order valence-corrected chi connectivity index (χ0v) is 17.9. The number of nitrogens with one attached hydrogen (secondary N) is 2. The Bertz CT molecular complexity index is 1170. The van der Waals surface area contributed by atoms with Crippen LogP contribution in [-0.4, -0.2) is 34.6 Å². The van der Waals surface area contributed by atoms with Crippen LogP contribution in [0.1, 0.15) is 22.3 Å². The fraction of sp³-hybridized carbons (Fsp3) is 0.167. The first-order valence-corrected chi connectivity index (χ1v) is 10.3. The standard InChI is InChI=1S/C24H26FN5O3/c25-20-7-3-6-19(12-20)24(32)28-14-21(26)15-30(27)22(13-23(31)29-33)11-16-8-9-17-4-1-2-5-18(17)10-16/h1-10,12,15,22,33H,11,13-14,26-27H2,(H,28,32)(H,29,31)/b21-15-/t22-/m1/s1. The quantitative estimate of drug-likeness (QED) is 0.192. The monoisotopic (exact) mass is 451 g/mol. The molecule has 0 saturated carbocycles. The van der Waals surface area contributed by atoms with Gasteiger partial charge in [0.05, 0.1) is 19.0 Å². The van der Waals surface area contributed by atoms with Crippen LogP contribution in [0.3, 0.4) is 0 Å². The number of hydrogen-bond donors (Lipinski definition) is 5. The Hall–Kier alpha value is -3.95. The van der Waals surface area contributed by atoms with Crippen molar-refractivity contribution in [1.82, 2.24) is 15.8 Å². The van der Waals surface area contributed by atoms with E-state index in [1.807, 2.05) is 42.5 Å². The molecule has 0 spiro atoms. The first-order valence-electron chi connectivity index (χ1n) is 10.3. The maximum atomic E-state index is 13.3. The number of fused-ring (bicyclic) bond motifs is 1. The number of hydroxylamine groups is 1. The third kappa shape index (κ3) is 6.76. The molecular formula is C24H26FN5O3. The number of rotatable bonds is 9. The van der Waals surface area contributed by atoms with Crippen molar-refractivity contribution in [3.8, 4) is 0 Å². The van der Waals surface area contributed by atoms with E-state index in [4.69, 9.17) is 16.8 Å². The van der Waals surface area contributed by atoms with Gasteiger partial charge >= 0.3 is 0 Å². The van der Waals surface area contributed by atoms with E-state index in [1.165, 1.54) is 29.4 Å². The summed E-state index contributed by atoms with van der Waals surface area (Å²) in [5.74, 6) is 4.58. The summed E-state index contributed by atoms with van der Waals surface area (Å²) >= 11 is 0. The van der Waals surface area contributed by atoms with Crippen LogP contribution in [0, 0.1) is 5.82 Å². The molecule has 0 fully saturated rings. The maximum absolute atomic E-state index is 13.3. The van der Waals surface area contributed by atoms with Crippen LogP contribution in [0.25, 0.3) is 10.8 Å². The summed E-state index contributed by atoms with van der Waals surface area (Å²) < 4.78 is 13.3. The van der Waals surface area contributed by atoms with Gasteiger partial charge < -0.3 is 16.1 Å². The lowest BCUT2D eigenvalue weighted by molar-refractivity contribution is -0.130. The van der Waals surface area contributed by atoms with E-state index < -0.39 is 23.7 Å².